The minimum Gasteiger partial charge on any atom is -0.131 e. The second-order valence-corrected chi connectivity index (χ2v) is 3.44. The van der Waals surface area contributed by atoms with Gasteiger partial charge < -0.3 is 0 Å². The van der Waals surface area contributed by atoms with Gasteiger partial charge in [0.2, 0.25) is 0 Å². The Morgan fingerprint density at radius 1 is 1.67 bits per heavy atom. The fourth-order valence-corrected chi connectivity index (χ4v) is 0.658. The predicted molar refractivity (Wildman–Crippen MR) is 32.0 cm³/mol. The number of rotatable bonds is 1. The molecule has 1 aliphatic rings. The maximum atomic E-state index is 2.90. The first-order valence-electron chi connectivity index (χ1n) is 2.56. The first kappa shape index (κ1) is 4.59. The minimum atomic E-state index is 0.708. The van der Waals surface area contributed by atoms with Crippen molar-refractivity contribution in [3.63, 3.8) is 0 Å². The van der Waals surface area contributed by atoms with E-state index in [1.807, 2.05) is 0 Å². The van der Waals surface area contributed by atoms with Crippen LogP contribution in [0.5, 0.6) is 0 Å². The van der Waals surface area contributed by atoms with Gasteiger partial charge in [-0.05, 0) is 24.4 Å². The summed E-state index contributed by atoms with van der Waals surface area (Å²) < 4.78 is 0. The van der Waals surface area contributed by atoms with E-state index in [1.165, 1.54) is 19.3 Å². The molecule has 0 aromatic heterocycles. The van der Waals surface area contributed by atoms with Gasteiger partial charge in [0.25, 0.3) is 0 Å². The van der Waals surface area contributed by atoms with Crippen LogP contribution in [0.15, 0.2) is 0 Å². The third kappa shape index (κ3) is 0.733. The summed E-state index contributed by atoms with van der Waals surface area (Å²) in [4.78, 5) is 0. The molecule has 0 aromatic rings. The largest absolute Gasteiger partial charge is 0.131 e. The van der Waals surface area contributed by atoms with Crippen molar-refractivity contribution in [3.05, 3.63) is 0 Å². The molecule has 0 amide bonds. The van der Waals surface area contributed by atoms with Crippen molar-refractivity contribution in [2.45, 2.75) is 31.3 Å². The molecule has 1 aliphatic carbocycles. The highest BCUT2D eigenvalue weighted by molar-refractivity contribution is 7.19. The van der Waals surface area contributed by atoms with E-state index in [0.29, 0.717) is 5.16 Å². The van der Waals surface area contributed by atoms with Gasteiger partial charge in [-0.1, -0.05) is 6.92 Å². The van der Waals surface area contributed by atoms with E-state index in [9.17, 15) is 0 Å². The van der Waals surface area contributed by atoms with Gasteiger partial charge in [-0.15, -0.1) is 9.24 Å². The Bertz CT molecular complexity index is 55.0. The van der Waals surface area contributed by atoms with Gasteiger partial charge in [0.05, 0.1) is 0 Å². The molecule has 1 fully saturated rings. The summed E-state index contributed by atoms with van der Waals surface area (Å²) in [6.07, 6.45) is 4.22. The van der Waals surface area contributed by atoms with E-state index in [2.05, 4.69) is 16.2 Å². The number of hydrogen-bond donors (Lipinski definition) is 0. The molecule has 0 aromatic carbocycles. The van der Waals surface area contributed by atoms with Crippen LogP contribution in [0.2, 0.25) is 0 Å². The normalized spacial score (nSPS) is 27.0. The summed E-state index contributed by atoms with van der Waals surface area (Å²) >= 11 is 0. The molecule has 1 rings (SSSR count). The molecular formula is C5H11P. The van der Waals surface area contributed by atoms with E-state index in [1.54, 1.807) is 0 Å². The fourth-order valence-electron chi connectivity index (χ4n) is 0.514. The Balaban J connectivity index is 2.28. The van der Waals surface area contributed by atoms with E-state index < -0.39 is 0 Å². The number of hydrogen-bond acceptors (Lipinski definition) is 0. The highest BCUT2D eigenvalue weighted by atomic mass is 31.0. The predicted octanol–water partition coefficient (Wildman–Crippen LogP) is 1.80. The summed E-state index contributed by atoms with van der Waals surface area (Å²) in [5.41, 5.74) is 0. The summed E-state index contributed by atoms with van der Waals surface area (Å²) in [5.74, 6) is 0. The Labute approximate surface area is 41.5 Å². The molecule has 0 bridgehead atoms. The SMILES string of the molecule is CCC1(P)CC1. The molecule has 0 radical (unpaired) electrons. The van der Waals surface area contributed by atoms with Crippen LogP contribution in [0, 0.1) is 0 Å². The summed E-state index contributed by atoms with van der Waals surface area (Å²) in [6.45, 7) is 2.25. The maximum absolute atomic E-state index is 2.90. The lowest BCUT2D eigenvalue weighted by molar-refractivity contribution is 0.854. The van der Waals surface area contributed by atoms with Crippen LogP contribution in [0.4, 0.5) is 0 Å². The molecule has 0 heterocycles. The third-order valence-corrected chi connectivity index (χ3v) is 2.58. The zero-order chi connectivity index (χ0) is 4.62. The topological polar surface area (TPSA) is 0 Å². The van der Waals surface area contributed by atoms with Gasteiger partial charge in [0, 0.05) is 0 Å². The Kier molecular flexibility index (Phi) is 0.916. The van der Waals surface area contributed by atoms with Gasteiger partial charge in [0.1, 0.15) is 0 Å². The van der Waals surface area contributed by atoms with Gasteiger partial charge >= 0.3 is 0 Å². The van der Waals surface area contributed by atoms with Crippen molar-refractivity contribution in [2.75, 3.05) is 0 Å². The first-order valence-corrected chi connectivity index (χ1v) is 3.13. The van der Waals surface area contributed by atoms with E-state index >= 15 is 0 Å². The molecule has 1 atom stereocenters. The van der Waals surface area contributed by atoms with E-state index in [4.69, 9.17) is 0 Å². The van der Waals surface area contributed by atoms with Crippen molar-refractivity contribution in [1.29, 1.82) is 0 Å². The Hall–Kier alpha value is 0.430. The highest BCUT2D eigenvalue weighted by Gasteiger charge is 2.34. The standard InChI is InChI=1S/C5H11P/c1-2-5(6)3-4-5/h2-4,6H2,1H3. The van der Waals surface area contributed by atoms with Crippen LogP contribution in [0.1, 0.15) is 26.2 Å². The van der Waals surface area contributed by atoms with Gasteiger partial charge in [-0.3, -0.25) is 0 Å². The quantitative estimate of drug-likeness (QED) is 0.443. The minimum absolute atomic E-state index is 0.708. The lowest BCUT2D eigenvalue weighted by Crippen LogP contribution is -1.88. The highest BCUT2D eigenvalue weighted by Crippen LogP contribution is 2.47. The molecular weight excluding hydrogens is 91.0 g/mol. The van der Waals surface area contributed by atoms with Gasteiger partial charge in [-0.2, -0.15) is 0 Å². The van der Waals surface area contributed by atoms with Crippen LogP contribution in [0.25, 0.3) is 0 Å². The molecule has 6 heavy (non-hydrogen) atoms. The van der Waals surface area contributed by atoms with Crippen LogP contribution in [-0.2, 0) is 0 Å². The van der Waals surface area contributed by atoms with Crippen molar-refractivity contribution in [1.82, 2.24) is 0 Å². The lowest BCUT2D eigenvalue weighted by atomic mass is 10.3. The summed E-state index contributed by atoms with van der Waals surface area (Å²) in [5, 5.41) is 0.708. The zero-order valence-electron chi connectivity index (χ0n) is 4.20. The Morgan fingerprint density at radius 3 is 2.17 bits per heavy atom. The van der Waals surface area contributed by atoms with Crippen LogP contribution in [-0.4, -0.2) is 5.16 Å². The van der Waals surface area contributed by atoms with Crippen LogP contribution >= 0.6 is 9.24 Å². The average molecular weight is 102 g/mol. The summed E-state index contributed by atoms with van der Waals surface area (Å²) in [6, 6.07) is 0. The molecule has 0 spiro atoms. The zero-order valence-corrected chi connectivity index (χ0v) is 5.35. The molecule has 0 nitrogen and oxygen atoms in total. The molecule has 0 N–H and O–H groups in total. The second kappa shape index (κ2) is 1.20. The Morgan fingerprint density at radius 2 is 2.17 bits per heavy atom. The monoisotopic (exact) mass is 102 g/mol. The molecule has 36 valence electrons. The first-order chi connectivity index (χ1) is 2.77. The van der Waals surface area contributed by atoms with Crippen molar-refractivity contribution in [2.24, 2.45) is 0 Å². The molecule has 0 aliphatic heterocycles. The van der Waals surface area contributed by atoms with E-state index in [0.717, 1.165) is 0 Å². The van der Waals surface area contributed by atoms with Crippen LogP contribution in [0.3, 0.4) is 0 Å². The molecule has 1 unspecified atom stereocenters. The second-order valence-electron chi connectivity index (χ2n) is 2.22. The van der Waals surface area contributed by atoms with Crippen molar-refractivity contribution < 1.29 is 0 Å². The molecule has 0 saturated heterocycles. The molecule has 1 heteroatoms. The smallest absolute Gasteiger partial charge is 0.0152 e. The van der Waals surface area contributed by atoms with E-state index in [-0.39, 0.29) is 0 Å². The van der Waals surface area contributed by atoms with Gasteiger partial charge in [-0.25, -0.2) is 0 Å². The average Bonchev–Trinajstić information content (AvgIpc) is 2.22. The summed E-state index contributed by atoms with van der Waals surface area (Å²) in [7, 11) is 2.90. The third-order valence-electron chi connectivity index (χ3n) is 1.60. The fraction of sp³-hybridized carbons (Fsp3) is 1.00. The molecule has 1 saturated carbocycles. The van der Waals surface area contributed by atoms with Crippen LogP contribution < -0.4 is 0 Å². The maximum Gasteiger partial charge on any atom is -0.0152 e. The lowest BCUT2D eigenvalue weighted by Gasteiger charge is -1.96. The van der Waals surface area contributed by atoms with Gasteiger partial charge in [0.15, 0.2) is 0 Å². The van der Waals surface area contributed by atoms with Crippen molar-refractivity contribution in [3.8, 4) is 0 Å². The van der Waals surface area contributed by atoms with Crippen molar-refractivity contribution >= 4 is 9.24 Å².